The SMILES string of the molecule is COc1ccc2ccc[nH+]c2c1. The van der Waals surface area contributed by atoms with Crippen molar-refractivity contribution in [3.63, 3.8) is 0 Å². The molecule has 12 heavy (non-hydrogen) atoms. The minimum atomic E-state index is 0.880. The van der Waals surface area contributed by atoms with Crippen molar-refractivity contribution in [2.24, 2.45) is 0 Å². The Morgan fingerprint density at radius 1 is 1.25 bits per heavy atom. The largest absolute Gasteiger partial charge is 0.497 e. The van der Waals surface area contributed by atoms with Crippen LogP contribution in [0.2, 0.25) is 0 Å². The smallest absolute Gasteiger partial charge is 0.214 e. The van der Waals surface area contributed by atoms with Crippen LogP contribution in [-0.2, 0) is 0 Å². The number of H-pyrrole nitrogens is 1. The maximum absolute atomic E-state index is 5.10. The topological polar surface area (TPSA) is 23.4 Å². The molecule has 1 aromatic carbocycles. The van der Waals surface area contributed by atoms with Gasteiger partial charge in [0.05, 0.1) is 13.2 Å². The number of nitrogens with one attached hydrogen (secondary N) is 1. The fourth-order valence-electron chi connectivity index (χ4n) is 1.22. The fourth-order valence-corrected chi connectivity index (χ4v) is 1.22. The molecule has 1 aromatic heterocycles. The predicted molar refractivity (Wildman–Crippen MR) is 47.1 cm³/mol. The van der Waals surface area contributed by atoms with Gasteiger partial charge in [-0.15, -0.1) is 0 Å². The molecule has 2 rings (SSSR count). The summed E-state index contributed by atoms with van der Waals surface area (Å²) >= 11 is 0. The second-order valence-corrected chi connectivity index (χ2v) is 2.62. The van der Waals surface area contributed by atoms with Crippen LogP contribution in [0.15, 0.2) is 36.5 Å². The lowest BCUT2D eigenvalue weighted by Crippen LogP contribution is -2.00. The van der Waals surface area contributed by atoms with Crippen molar-refractivity contribution in [1.29, 1.82) is 0 Å². The Balaban J connectivity index is 2.67. The number of fused-ring (bicyclic) bond motifs is 1. The highest BCUT2D eigenvalue weighted by atomic mass is 16.5. The average molecular weight is 160 g/mol. The lowest BCUT2D eigenvalue weighted by atomic mass is 10.2. The molecule has 0 amide bonds. The van der Waals surface area contributed by atoms with Gasteiger partial charge in [0.2, 0.25) is 5.52 Å². The summed E-state index contributed by atoms with van der Waals surface area (Å²) in [7, 11) is 1.67. The van der Waals surface area contributed by atoms with E-state index in [2.05, 4.69) is 11.1 Å². The minimum Gasteiger partial charge on any atom is -0.497 e. The van der Waals surface area contributed by atoms with Gasteiger partial charge >= 0.3 is 0 Å². The molecule has 1 heterocycles. The number of methoxy groups -OCH3 is 1. The van der Waals surface area contributed by atoms with Crippen LogP contribution in [-0.4, -0.2) is 7.11 Å². The third kappa shape index (κ3) is 1.11. The molecule has 0 unspecified atom stereocenters. The summed E-state index contributed by atoms with van der Waals surface area (Å²) in [5.74, 6) is 0.880. The van der Waals surface area contributed by atoms with Crippen LogP contribution in [0.1, 0.15) is 0 Å². The first kappa shape index (κ1) is 7.10. The number of benzene rings is 1. The van der Waals surface area contributed by atoms with Crippen LogP contribution in [0.25, 0.3) is 10.9 Å². The van der Waals surface area contributed by atoms with Gasteiger partial charge in [-0.1, -0.05) is 0 Å². The molecule has 0 radical (unpaired) electrons. The summed E-state index contributed by atoms with van der Waals surface area (Å²) in [6.45, 7) is 0. The van der Waals surface area contributed by atoms with Crippen LogP contribution >= 0.6 is 0 Å². The number of aromatic nitrogens is 1. The van der Waals surface area contributed by atoms with E-state index in [1.54, 1.807) is 7.11 Å². The van der Waals surface area contributed by atoms with Crippen molar-refractivity contribution in [3.05, 3.63) is 36.5 Å². The average Bonchev–Trinajstić information content (AvgIpc) is 2.17. The van der Waals surface area contributed by atoms with Gasteiger partial charge in [0.1, 0.15) is 5.75 Å². The van der Waals surface area contributed by atoms with E-state index in [9.17, 15) is 0 Å². The number of hydrogen-bond donors (Lipinski definition) is 0. The molecule has 2 heteroatoms. The molecule has 0 spiro atoms. The Labute approximate surface area is 70.8 Å². The number of hydrogen-bond acceptors (Lipinski definition) is 1. The van der Waals surface area contributed by atoms with Gasteiger partial charge in [-0.3, -0.25) is 0 Å². The highest BCUT2D eigenvalue weighted by molar-refractivity contribution is 5.76. The monoisotopic (exact) mass is 160 g/mol. The lowest BCUT2D eigenvalue weighted by molar-refractivity contribution is -0.344. The Kier molecular flexibility index (Phi) is 1.67. The van der Waals surface area contributed by atoms with Crippen LogP contribution in [0.3, 0.4) is 0 Å². The summed E-state index contributed by atoms with van der Waals surface area (Å²) in [6.07, 6.45) is 1.90. The molecular formula is C10H10NO+. The predicted octanol–water partition coefficient (Wildman–Crippen LogP) is 1.66. The molecule has 1 N–H and O–H groups in total. The van der Waals surface area contributed by atoms with Gasteiger partial charge in [-0.25, -0.2) is 4.98 Å². The van der Waals surface area contributed by atoms with Gasteiger partial charge in [-0.2, -0.15) is 0 Å². The van der Waals surface area contributed by atoms with Crippen molar-refractivity contribution in [3.8, 4) is 5.75 Å². The fraction of sp³-hybridized carbons (Fsp3) is 0.100. The maximum Gasteiger partial charge on any atom is 0.214 e. The molecule has 0 atom stereocenters. The van der Waals surface area contributed by atoms with Crippen molar-refractivity contribution in [2.75, 3.05) is 7.11 Å². The zero-order valence-electron chi connectivity index (χ0n) is 6.87. The summed E-state index contributed by atoms with van der Waals surface area (Å²) in [4.78, 5) is 3.15. The van der Waals surface area contributed by atoms with Crippen LogP contribution < -0.4 is 9.72 Å². The van der Waals surface area contributed by atoms with E-state index in [1.165, 1.54) is 5.39 Å². The third-order valence-electron chi connectivity index (χ3n) is 1.87. The molecule has 0 aliphatic rings. The number of aromatic amines is 1. The van der Waals surface area contributed by atoms with E-state index < -0.39 is 0 Å². The Hall–Kier alpha value is -1.57. The second-order valence-electron chi connectivity index (χ2n) is 2.62. The zero-order valence-corrected chi connectivity index (χ0v) is 6.87. The maximum atomic E-state index is 5.10. The summed E-state index contributed by atoms with van der Waals surface area (Å²) in [5, 5.41) is 1.19. The number of ether oxygens (including phenoxy) is 1. The normalized spacial score (nSPS) is 10.1. The summed E-state index contributed by atoms with van der Waals surface area (Å²) < 4.78 is 5.10. The number of rotatable bonds is 1. The molecular weight excluding hydrogens is 150 g/mol. The number of pyridine rings is 1. The van der Waals surface area contributed by atoms with E-state index in [0.29, 0.717) is 0 Å². The molecule has 60 valence electrons. The van der Waals surface area contributed by atoms with Crippen LogP contribution in [0.5, 0.6) is 5.75 Å². The molecule has 2 nitrogen and oxygen atoms in total. The van der Waals surface area contributed by atoms with E-state index in [4.69, 9.17) is 4.74 Å². The quantitative estimate of drug-likeness (QED) is 0.622. The van der Waals surface area contributed by atoms with Crippen molar-refractivity contribution >= 4 is 10.9 Å². The van der Waals surface area contributed by atoms with E-state index in [1.807, 2.05) is 30.5 Å². The molecule has 0 aliphatic carbocycles. The van der Waals surface area contributed by atoms with E-state index in [-0.39, 0.29) is 0 Å². The van der Waals surface area contributed by atoms with Gasteiger partial charge in [0.25, 0.3) is 0 Å². The van der Waals surface area contributed by atoms with E-state index >= 15 is 0 Å². The highest BCUT2D eigenvalue weighted by Crippen LogP contribution is 2.15. The molecule has 0 bridgehead atoms. The molecule has 0 saturated carbocycles. The molecule has 0 aliphatic heterocycles. The molecule has 0 fully saturated rings. The first-order chi connectivity index (χ1) is 5.90. The standard InChI is InChI=1S/C10H9NO/c1-12-9-5-4-8-3-2-6-11-10(8)7-9/h2-7H,1H3/p+1. The summed E-state index contributed by atoms with van der Waals surface area (Å²) in [6, 6.07) is 10.0. The molecule has 0 saturated heterocycles. The first-order valence-corrected chi connectivity index (χ1v) is 3.84. The Morgan fingerprint density at radius 2 is 2.17 bits per heavy atom. The second kappa shape index (κ2) is 2.81. The third-order valence-corrected chi connectivity index (χ3v) is 1.87. The van der Waals surface area contributed by atoms with E-state index in [0.717, 1.165) is 11.3 Å². The first-order valence-electron chi connectivity index (χ1n) is 3.84. The zero-order chi connectivity index (χ0) is 8.39. The van der Waals surface area contributed by atoms with Crippen LogP contribution in [0.4, 0.5) is 0 Å². The van der Waals surface area contributed by atoms with Crippen molar-refractivity contribution in [1.82, 2.24) is 0 Å². The lowest BCUT2D eigenvalue weighted by Gasteiger charge is -1.97. The Bertz CT molecular complexity index is 398. The van der Waals surface area contributed by atoms with Crippen LogP contribution in [0, 0.1) is 0 Å². The van der Waals surface area contributed by atoms with Crippen molar-refractivity contribution in [2.45, 2.75) is 0 Å². The van der Waals surface area contributed by atoms with Gasteiger partial charge in [0.15, 0.2) is 6.20 Å². The Morgan fingerprint density at radius 3 is 3.00 bits per heavy atom. The minimum absolute atomic E-state index is 0.880. The van der Waals surface area contributed by atoms with Crippen molar-refractivity contribution < 1.29 is 9.72 Å². The molecule has 2 aromatic rings. The summed E-state index contributed by atoms with van der Waals surface area (Å²) in [5.41, 5.74) is 1.09. The highest BCUT2D eigenvalue weighted by Gasteiger charge is 1.99. The van der Waals surface area contributed by atoms with Gasteiger partial charge in [0, 0.05) is 11.5 Å². The van der Waals surface area contributed by atoms with Gasteiger partial charge in [-0.05, 0) is 18.2 Å². The van der Waals surface area contributed by atoms with Gasteiger partial charge < -0.3 is 4.74 Å².